The second kappa shape index (κ2) is 2.59. The van der Waals surface area contributed by atoms with Gasteiger partial charge in [-0.05, 0) is 31.0 Å². The molecule has 0 aliphatic rings. The number of rotatable bonds is 0. The van der Waals surface area contributed by atoms with Crippen molar-refractivity contribution in [1.29, 1.82) is 0 Å². The Bertz CT molecular complexity index is 229. The topological polar surface area (TPSA) is 0 Å². The van der Waals surface area contributed by atoms with Crippen LogP contribution in [0.5, 0.6) is 0 Å². The molecule has 0 heterocycles. The molecule has 0 aliphatic heterocycles. The molecule has 0 radical (unpaired) electrons. The van der Waals surface area contributed by atoms with Gasteiger partial charge in [-0.3, -0.25) is 0 Å². The molecule has 0 atom stereocenters. The summed E-state index contributed by atoms with van der Waals surface area (Å²) in [6.45, 7) is 3.57. The van der Waals surface area contributed by atoms with Crippen LogP contribution in [0.1, 0.15) is 11.1 Å². The first-order valence-corrected chi connectivity index (χ1v) is 3.42. The minimum Gasteiger partial charge on any atom is -0.205 e. The number of aryl methyl sites for hydroxylation is 1. The van der Waals surface area contributed by atoms with Crippen LogP contribution in [-0.2, 0) is 0 Å². The number of hydrogen-bond acceptors (Lipinski definition) is 0. The van der Waals surface area contributed by atoms with E-state index in [2.05, 4.69) is 0 Å². The molecule has 0 spiro atoms. The van der Waals surface area contributed by atoms with Gasteiger partial charge in [-0.2, -0.15) is 0 Å². The van der Waals surface area contributed by atoms with Crippen molar-refractivity contribution < 1.29 is 4.39 Å². The van der Waals surface area contributed by atoms with E-state index in [-0.39, 0.29) is 10.8 Å². The maximum Gasteiger partial charge on any atom is 0.144 e. The van der Waals surface area contributed by atoms with Gasteiger partial charge in [-0.1, -0.05) is 17.7 Å². The van der Waals surface area contributed by atoms with Gasteiger partial charge in [0.15, 0.2) is 0 Å². The Hall–Kier alpha value is -0.560. The first-order chi connectivity index (χ1) is 4.63. The predicted octanol–water partition coefficient (Wildman–Crippen LogP) is 3.10. The normalized spacial score (nSPS) is 10.0. The Morgan fingerprint density at radius 1 is 1.30 bits per heavy atom. The lowest BCUT2D eigenvalue weighted by Crippen LogP contribution is -1.86. The summed E-state index contributed by atoms with van der Waals surface area (Å²) in [5.74, 6) is -0.304. The SMILES string of the molecule is Cc1ccc(Cl)c(F)c1C. The zero-order chi connectivity index (χ0) is 7.72. The predicted molar refractivity (Wildman–Crippen MR) is 40.9 cm³/mol. The molecule has 2 heteroatoms. The molecular formula is C8H8ClF. The molecule has 0 amide bonds. The smallest absolute Gasteiger partial charge is 0.144 e. The highest BCUT2D eigenvalue weighted by molar-refractivity contribution is 6.30. The Labute approximate surface area is 64.6 Å². The van der Waals surface area contributed by atoms with E-state index in [9.17, 15) is 4.39 Å². The summed E-state index contributed by atoms with van der Waals surface area (Å²) in [6, 6.07) is 3.37. The quantitative estimate of drug-likeness (QED) is 0.544. The molecule has 0 aromatic heterocycles. The van der Waals surface area contributed by atoms with Crippen LogP contribution in [0.2, 0.25) is 5.02 Å². The highest BCUT2D eigenvalue weighted by atomic mass is 35.5. The molecule has 0 fully saturated rings. The number of hydrogen-bond donors (Lipinski definition) is 0. The van der Waals surface area contributed by atoms with Gasteiger partial charge in [-0.25, -0.2) is 4.39 Å². The van der Waals surface area contributed by atoms with Crippen LogP contribution in [0.3, 0.4) is 0 Å². The van der Waals surface area contributed by atoms with Crippen molar-refractivity contribution >= 4 is 11.6 Å². The Kier molecular flexibility index (Phi) is 1.95. The van der Waals surface area contributed by atoms with Gasteiger partial charge in [0, 0.05) is 0 Å². The molecule has 0 bridgehead atoms. The van der Waals surface area contributed by atoms with Crippen LogP contribution in [0, 0.1) is 19.7 Å². The van der Waals surface area contributed by atoms with Crippen LogP contribution in [0.25, 0.3) is 0 Å². The van der Waals surface area contributed by atoms with Crippen molar-refractivity contribution in [3.8, 4) is 0 Å². The lowest BCUT2D eigenvalue weighted by molar-refractivity contribution is 0.617. The van der Waals surface area contributed by atoms with Crippen molar-refractivity contribution in [1.82, 2.24) is 0 Å². The van der Waals surface area contributed by atoms with Crippen LogP contribution >= 0.6 is 11.6 Å². The van der Waals surface area contributed by atoms with Crippen LogP contribution < -0.4 is 0 Å². The van der Waals surface area contributed by atoms with Crippen molar-refractivity contribution in [2.45, 2.75) is 13.8 Å². The molecule has 1 rings (SSSR count). The molecule has 0 nitrogen and oxygen atoms in total. The number of halogens is 2. The zero-order valence-corrected chi connectivity index (χ0v) is 6.67. The Morgan fingerprint density at radius 3 is 2.40 bits per heavy atom. The molecular weight excluding hydrogens is 151 g/mol. The van der Waals surface area contributed by atoms with Gasteiger partial charge in [0.2, 0.25) is 0 Å². The van der Waals surface area contributed by atoms with E-state index in [1.54, 1.807) is 19.1 Å². The van der Waals surface area contributed by atoms with Gasteiger partial charge < -0.3 is 0 Å². The van der Waals surface area contributed by atoms with Crippen molar-refractivity contribution in [2.24, 2.45) is 0 Å². The second-order valence-electron chi connectivity index (χ2n) is 2.30. The zero-order valence-electron chi connectivity index (χ0n) is 5.91. The molecule has 0 aliphatic carbocycles. The average Bonchev–Trinajstić information content (AvgIpc) is 1.93. The lowest BCUT2D eigenvalue weighted by Gasteiger charge is -2.01. The van der Waals surface area contributed by atoms with E-state index in [1.807, 2.05) is 6.92 Å². The summed E-state index contributed by atoms with van der Waals surface area (Å²) in [5.41, 5.74) is 1.56. The molecule has 1 aromatic rings. The van der Waals surface area contributed by atoms with Gasteiger partial charge >= 0.3 is 0 Å². The van der Waals surface area contributed by atoms with Crippen molar-refractivity contribution in [2.75, 3.05) is 0 Å². The maximum absolute atomic E-state index is 12.9. The molecule has 1 aromatic carbocycles. The fourth-order valence-electron chi connectivity index (χ4n) is 0.749. The summed E-state index contributed by atoms with van der Waals surface area (Å²) < 4.78 is 12.9. The Balaban J connectivity index is 3.34. The van der Waals surface area contributed by atoms with Gasteiger partial charge in [0.1, 0.15) is 5.82 Å². The summed E-state index contributed by atoms with van der Waals surface area (Å²) in [5, 5.41) is 0.197. The molecule has 0 unspecified atom stereocenters. The van der Waals surface area contributed by atoms with Gasteiger partial charge in [0.05, 0.1) is 5.02 Å². The minimum absolute atomic E-state index is 0.197. The monoisotopic (exact) mass is 158 g/mol. The van der Waals surface area contributed by atoms with Crippen LogP contribution in [0.4, 0.5) is 4.39 Å². The molecule has 0 saturated carbocycles. The second-order valence-corrected chi connectivity index (χ2v) is 2.71. The largest absolute Gasteiger partial charge is 0.205 e. The summed E-state index contributed by atoms with van der Waals surface area (Å²) >= 11 is 5.51. The Morgan fingerprint density at radius 2 is 1.90 bits per heavy atom. The van der Waals surface area contributed by atoms with Crippen molar-refractivity contribution in [3.05, 3.63) is 34.1 Å². The fourth-order valence-corrected chi connectivity index (χ4v) is 0.953. The van der Waals surface area contributed by atoms with E-state index < -0.39 is 0 Å². The van der Waals surface area contributed by atoms with Gasteiger partial charge in [-0.15, -0.1) is 0 Å². The van der Waals surface area contributed by atoms with E-state index in [0.717, 1.165) is 5.56 Å². The minimum atomic E-state index is -0.304. The first-order valence-electron chi connectivity index (χ1n) is 3.04. The van der Waals surface area contributed by atoms with E-state index >= 15 is 0 Å². The third-order valence-corrected chi connectivity index (χ3v) is 1.90. The van der Waals surface area contributed by atoms with Crippen molar-refractivity contribution in [3.63, 3.8) is 0 Å². The standard InChI is InChI=1S/C8H8ClF/c1-5-3-4-7(9)8(10)6(5)2/h3-4H,1-2H3. The van der Waals surface area contributed by atoms with Crippen LogP contribution in [0.15, 0.2) is 12.1 Å². The molecule has 10 heavy (non-hydrogen) atoms. The van der Waals surface area contributed by atoms with E-state index in [4.69, 9.17) is 11.6 Å². The molecule has 54 valence electrons. The summed E-state index contributed by atoms with van der Waals surface area (Å²) in [7, 11) is 0. The molecule has 0 N–H and O–H groups in total. The van der Waals surface area contributed by atoms with Crippen LogP contribution in [-0.4, -0.2) is 0 Å². The van der Waals surface area contributed by atoms with E-state index in [0.29, 0.717) is 5.56 Å². The third kappa shape index (κ3) is 1.14. The highest BCUT2D eigenvalue weighted by Gasteiger charge is 2.03. The first kappa shape index (κ1) is 7.55. The van der Waals surface area contributed by atoms with E-state index in [1.165, 1.54) is 0 Å². The average molecular weight is 159 g/mol. The summed E-state index contributed by atoms with van der Waals surface area (Å²) in [4.78, 5) is 0. The third-order valence-electron chi connectivity index (χ3n) is 1.61. The molecule has 0 saturated heterocycles. The lowest BCUT2D eigenvalue weighted by atomic mass is 10.1. The maximum atomic E-state index is 12.9. The summed E-state index contributed by atoms with van der Waals surface area (Å²) in [6.07, 6.45) is 0. The fraction of sp³-hybridized carbons (Fsp3) is 0.250. The highest BCUT2D eigenvalue weighted by Crippen LogP contribution is 2.19. The number of benzene rings is 1. The van der Waals surface area contributed by atoms with Gasteiger partial charge in [0.25, 0.3) is 0 Å².